The summed E-state index contributed by atoms with van der Waals surface area (Å²) in [5, 5.41) is 7.55. The Morgan fingerprint density at radius 2 is 1.04 bits per heavy atom. The molecule has 0 saturated carbocycles. The number of aromatic nitrogens is 4. The van der Waals surface area contributed by atoms with E-state index in [1.54, 1.807) is 0 Å². The Labute approximate surface area is 281 Å². The van der Waals surface area contributed by atoms with Gasteiger partial charge in [-0.25, -0.2) is 4.98 Å². The van der Waals surface area contributed by atoms with Gasteiger partial charge in [-0.2, -0.15) is 0 Å². The number of nitrogens with zero attached hydrogens (tertiary/aromatic N) is 4. The van der Waals surface area contributed by atoms with E-state index in [1.807, 2.05) is 0 Å². The lowest BCUT2D eigenvalue weighted by Gasteiger charge is -2.13. The van der Waals surface area contributed by atoms with E-state index in [0.29, 0.717) is 0 Å². The lowest BCUT2D eigenvalue weighted by Crippen LogP contribution is -1.99. The van der Waals surface area contributed by atoms with Gasteiger partial charge >= 0.3 is 0 Å². The second kappa shape index (κ2) is 9.93. The zero-order valence-corrected chi connectivity index (χ0v) is 26.5. The molecule has 11 aromatic rings. The van der Waals surface area contributed by atoms with Crippen molar-refractivity contribution in [3.8, 4) is 22.8 Å². The molecule has 0 aliphatic carbocycles. The minimum Gasteiger partial charge on any atom is -0.309 e. The number of hydrogen-bond donors (Lipinski definition) is 0. The second-order valence-corrected chi connectivity index (χ2v) is 12.8. The molecule has 11 rings (SSSR count). The summed E-state index contributed by atoms with van der Waals surface area (Å²) >= 11 is 0. The van der Waals surface area contributed by atoms with Gasteiger partial charge in [0.15, 0.2) is 0 Å². The van der Waals surface area contributed by atoms with E-state index in [2.05, 4.69) is 183 Å². The van der Waals surface area contributed by atoms with E-state index in [0.717, 1.165) is 33.8 Å². The highest BCUT2D eigenvalue weighted by atomic mass is 15.1. The van der Waals surface area contributed by atoms with Crippen molar-refractivity contribution in [3.63, 3.8) is 0 Å². The molecule has 0 unspecified atom stereocenters. The largest absolute Gasteiger partial charge is 0.309 e. The predicted molar refractivity (Wildman–Crippen MR) is 204 cm³/mol. The summed E-state index contributed by atoms with van der Waals surface area (Å²) in [6.45, 7) is 0. The first kappa shape index (κ1) is 26.4. The number of imidazole rings is 1. The van der Waals surface area contributed by atoms with Crippen LogP contribution in [0.25, 0.3) is 93.7 Å². The summed E-state index contributed by atoms with van der Waals surface area (Å²) in [6, 6.07) is 61.1. The molecule has 228 valence electrons. The van der Waals surface area contributed by atoms with E-state index in [4.69, 9.17) is 4.98 Å². The molecule has 4 nitrogen and oxygen atoms in total. The minimum atomic E-state index is 0.924. The first-order valence-electron chi connectivity index (χ1n) is 16.7. The van der Waals surface area contributed by atoms with Gasteiger partial charge in [0, 0.05) is 43.9 Å². The van der Waals surface area contributed by atoms with Crippen molar-refractivity contribution in [1.82, 2.24) is 18.5 Å². The second-order valence-electron chi connectivity index (χ2n) is 12.8. The van der Waals surface area contributed by atoms with Crippen molar-refractivity contribution in [1.29, 1.82) is 0 Å². The molecule has 0 spiro atoms. The SMILES string of the molecule is c1ccc(-n2c(-c3cccc(-n4c5ccccc5c5c4ccc4cc6c7ccccc7c7ccccc7n6c45)c3)nc3ccccc32)cc1. The van der Waals surface area contributed by atoms with Gasteiger partial charge in [-0.05, 0) is 66.0 Å². The molecular formula is C45H28N4. The highest BCUT2D eigenvalue weighted by Gasteiger charge is 2.21. The van der Waals surface area contributed by atoms with Crippen LogP contribution in [0.2, 0.25) is 0 Å². The molecule has 0 N–H and O–H groups in total. The zero-order chi connectivity index (χ0) is 32.1. The van der Waals surface area contributed by atoms with Crippen LogP contribution in [0.4, 0.5) is 0 Å². The Bertz CT molecular complexity index is 3100. The molecule has 0 atom stereocenters. The Morgan fingerprint density at radius 3 is 1.88 bits per heavy atom. The van der Waals surface area contributed by atoms with E-state index in [9.17, 15) is 0 Å². The molecule has 0 amide bonds. The summed E-state index contributed by atoms with van der Waals surface area (Å²) in [5.41, 5.74) is 11.4. The third-order valence-electron chi connectivity index (χ3n) is 10.2. The van der Waals surface area contributed by atoms with Crippen LogP contribution in [0, 0.1) is 0 Å². The van der Waals surface area contributed by atoms with Crippen LogP contribution in [-0.2, 0) is 0 Å². The summed E-state index contributed by atoms with van der Waals surface area (Å²) < 4.78 is 7.18. The lowest BCUT2D eigenvalue weighted by molar-refractivity contribution is 1.10. The highest BCUT2D eigenvalue weighted by molar-refractivity contribution is 6.24. The minimum absolute atomic E-state index is 0.924. The molecule has 4 heteroatoms. The quantitative estimate of drug-likeness (QED) is 0.180. The number of fused-ring (bicyclic) bond motifs is 13. The lowest BCUT2D eigenvalue weighted by atomic mass is 10.1. The Morgan fingerprint density at radius 1 is 0.388 bits per heavy atom. The van der Waals surface area contributed by atoms with Crippen molar-refractivity contribution in [3.05, 3.63) is 170 Å². The van der Waals surface area contributed by atoms with Crippen LogP contribution < -0.4 is 0 Å². The molecule has 0 aliphatic rings. The van der Waals surface area contributed by atoms with E-state index in [-0.39, 0.29) is 0 Å². The van der Waals surface area contributed by atoms with Gasteiger partial charge in [0.1, 0.15) is 5.82 Å². The van der Waals surface area contributed by atoms with Crippen LogP contribution >= 0.6 is 0 Å². The van der Waals surface area contributed by atoms with Crippen molar-refractivity contribution in [2.24, 2.45) is 0 Å². The molecular weight excluding hydrogens is 597 g/mol. The highest BCUT2D eigenvalue weighted by Crippen LogP contribution is 2.41. The Hall–Kier alpha value is -6.65. The van der Waals surface area contributed by atoms with Gasteiger partial charge in [0.2, 0.25) is 0 Å². The first-order valence-corrected chi connectivity index (χ1v) is 16.7. The summed E-state index contributed by atoms with van der Waals surface area (Å²) in [6.07, 6.45) is 0. The topological polar surface area (TPSA) is 27.2 Å². The van der Waals surface area contributed by atoms with Crippen LogP contribution in [0.15, 0.2) is 170 Å². The third kappa shape index (κ3) is 3.66. The van der Waals surface area contributed by atoms with Crippen LogP contribution in [-0.4, -0.2) is 18.5 Å². The number of para-hydroxylation sites is 5. The molecule has 4 heterocycles. The fourth-order valence-corrected chi connectivity index (χ4v) is 8.15. The maximum absolute atomic E-state index is 5.18. The van der Waals surface area contributed by atoms with Crippen molar-refractivity contribution >= 4 is 70.9 Å². The summed E-state index contributed by atoms with van der Waals surface area (Å²) in [5.74, 6) is 0.924. The Balaban J connectivity index is 1.23. The molecule has 0 bridgehead atoms. The van der Waals surface area contributed by atoms with Gasteiger partial charge < -0.3 is 8.97 Å². The van der Waals surface area contributed by atoms with Crippen molar-refractivity contribution < 1.29 is 0 Å². The van der Waals surface area contributed by atoms with Gasteiger partial charge in [0.05, 0.1) is 38.6 Å². The maximum atomic E-state index is 5.18. The number of pyridine rings is 1. The molecule has 0 radical (unpaired) electrons. The fraction of sp³-hybridized carbons (Fsp3) is 0. The van der Waals surface area contributed by atoms with Gasteiger partial charge in [-0.15, -0.1) is 0 Å². The van der Waals surface area contributed by atoms with Crippen LogP contribution in [0.5, 0.6) is 0 Å². The third-order valence-corrected chi connectivity index (χ3v) is 10.2. The van der Waals surface area contributed by atoms with Crippen molar-refractivity contribution in [2.45, 2.75) is 0 Å². The van der Waals surface area contributed by atoms with Crippen LogP contribution in [0.3, 0.4) is 0 Å². The first-order chi connectivity index (χ1) is 24.3. The smallest absolute Gasteiger partial charge is 0.145 e. The maximum Gasteiger partial charge on any atom is 0.145 e. The average Bonchev–Trinajstić information content (AvgIpc) is 3.85. The fourth-order valence-electron chi connectivity index (χ4n) is 8.15. The Kier molecular flexibility index (Phi) is 5.35. The molecule has 0 aliphatic heterocycles. The van der Waals surface area contributed by atoms with Gasteiger partial charge in [-0.3, -0.25) is 4.57 Å². The van der Waals surface area contributed by atoms with Crippen molar-refractivity contribution in [2.75, 3.05) is 0 Å². The average molecular weight is 625 g/mol. The predicted octanol–water partition coefficient (Wildman–Crippen LogP) is 11.5. The molecule has 4 aromatic heterocycles. The van der Waals surface area contributed by atoms with E-state index in [1.165, 1.54) is 59.9 Å². The van der Waals surface area contributed by atoms with E-state index < -0.39 is 0 Å². The molecule has 7 aromatic carbocycles. The van der Waals surface area contributed by atoms with E-state index >= 15 is 0 Å². The molecule has 0 fully saturated rings. The summed E-state index contributed by atoms with van der Waals surface area (Å²) in [7, 11) is 0. The van der Waals surface area contributed by atoms with Gasteiger partial charge in [0.25, 0.3) is 0 Å². The molecule has 49 heavy (non-hydrogen) atoms. The number of hydrogen-bond acceptors (Lipinski definition) is 1. The number of rotatable bonds is 3. The normalized spacial score (nSPS) is 12.1. The summed E-state index contributed by atoms with van der Waals surface area (Å²) in [4.78, 5) is 5.18. The van der Waals surface area contributed by atoms with Gasteiger partial charge in [-0.1, -0.05) is 109 Å². The standard InChI is InChI=1S/C45H28N4/c1-2-14-31(15-3-1)48-40-24-11-8-21-37(40)46-45(48)30-13-12-16-32(27-30)47-39-23-10-7-20-36(39)43-41(47)26-25-29-28-42-35-19-5-4-17-33(35)34-18-6-9-22-38(34)49(42)44(29)43/h1-28H. The zero-order valence-electron chi connectivity index (χ0n) is 26.5. The molecule has 0 saturated heterocycles. The number of benzene rings is 7. The monoisotopic (exact) mass is 624 g/mol. The van der Waals surface area contributed by atoms with Crippen LogP contribution in [0.1, 0.15) is 0 Å².